The third kappa shape index (κ3) is 3.29. The molecule has 8 heteroatoms. The molecule has 25 heavy (non-hydrogen) atoms. The summed E-state index contributed by atoms with van der Waals surface area (Å²) in [6.45, 7) is 3.92. The molecule has 1 fully saturated rings. The van der Waals surface area contributed by atoms with Crippen molar-refractivity contribution in [1.82, 2.24) is 4.90 Å². The summed E-state index contributed by atoms with van der Waals surface area (Å²) in [7, 11) is -2.47. The number of piperidine rings is 1. The first-order valence-corrected chi connectivity index (χ1v) is 9.43. The van der Waals surface area contributed by atoms with Gasteiger partial charge in [0.05, 0.1) is 6.04 Å². The van der Waals surface area contributed by atoms with E-state index in [1.807, 2.05) is 0 Å². The molecule has 0 spiro atoms. The van der Waals surface area contributed by atoms with Crippen molar-refractivity contribution in [1.29, 1.82) is 0 Å². The fourth-order valence-electron chi connectivity index (χ4n) is 3.43. The molecule has 5 nitrogen and oxygen atoms in total. The minimum absolute atomic E-state index is 0.0429. The molecule has 2 aliphatic rings. The number of benzene rings is 1. The average Bonchev–Trinajstić information content (AvgIpc) is 2.56. The van der Waals surface area contributed by atoms with E-state index < -0.39 is 34.3 Å². The van der Waals surface area contributed by atoms with Crippen LogP contribution in [0.15, 0.2) is 23.1 Å². The van der Waals surface area contributed by atoms with E-state index in [-0.39, 0.29) is 10.8 Å². The van der Waals surface area contributed by atoms with Crippen LogP contribution in [0.4, 0.5) is 8.78 Å². The number of aliphatic hydroxyl groups excluding tert-OH is 1. The molecule has 1 amide bonds. The highest BCUT2D eigenvalue weighted by molar-refractivity contribution is 7.85. The van der Waals surface area contributed by atoms with Crippen LogP contribution < -0.4 is 4.74 Å². The number of hydrogen-bond acceptors (Lipinski definition) is 4. The lowest BCUT2D eigenvalue weighted by Gasteiger charge is -2.47. The fraction of sp³-hybridized carbons (Fsp3) is 0.588. The van der Waals surface area contributed by atoms with Crippen LogP contribution in [-0.2, 0) is 15.6 Å². The summed E-state index contributed by atoms with van der Waals surface area (Å²) < 4.78 is 43.2. The van der Waals surface area contributed by atoms with E-state index in [1.54, 1.807) is 18.7 Å². The molecular weight excluding hydrogens is 352 g/mol. The number of rotatable bonds is 3. The molecular formula is C17H21F2NO4S. The predicted octanol–water partition coefficient (Wildman–Crippen LogP) is 2.60. The molecule has 1 N–H and O–H groups in total. The zero-order chi connectivity index (χ0) is 18.4. The third-order valence-electron chi connectivity index (χ3n) is 4.77. The maximum atomic E-state index is 12.8. The van der Waals surface area contributed by atoms with Gasteiger partial charge in [0.15, 0.2) is 0 Å². The van der Waals surface area contributed by atoms with Crippen LogP contribution in [0.5, 0.6) is 5.75 Å². The Morgan fingerprint density at radius 1 is 1.36 bits per heavy atom. The minimum Gasteiger partial charge on any atom is -0.485 e. The first-order valence-electron chi connectivity index (χ1n) is 8.21. The minimum atomic E-state index is -3.00. The van der Waals surface area contributed by atoms with Crippen LogP contribution >= 0.6 is 0 Å². The lowest BCUT2D eigenvalue weighted by Crippen LogP contribution is -2.55. The summed E-state index contributed by atoms with van der Waals surface area (Å²) in [5.74, 6) is -2.67. The number of carbonyl (C=O) groups is 1. The first kappa shape index (κ1) is 18.3. The smallest absolute Gasteiger partial charge is 0.316 e. The van der Waals surface area contributed by atoms with Crippen LogP contribution in [0.3, 0.4) is 0 Å². The van der Waals surface area contributed by atoms with Crippen molar-refractivity contribution in [2.24, 2.45) is 0 Å². The van der Waals surface area contributed by atoms with Gasteiger partial charge in [-0.25, -0.2) is 4.21 Å². The van der Waals surface area contributed by atoms with Gasteiger partial charge >= 0.3 is 5.76 Å². The monoisotopic (exact) mass is 373 g/mol. The normalized spacial score (nSPS) is 27.0. The summed E-state index contributed by atoms with van der Waals surface area (Å²) in [5.41, 5.74) is -0.521. The molecule has 0 bridgehead atoms. The summed E-state index contributed by atoms with van der Waals surface area (Å²) in [4.78, 5) is 13.9. The van der Waals surface area contributed by atoms with Crippen molar-refractivity contribution in [3.8, 4) is 5.75 Å². The van der Waals surface area contributed by atoms with E-state index in [4.69, 9.17) is 4.74 Å². The average molecular weight is 373 g/mol. The SMILES string of the molecule is CC1(C)Oc2ccc(S(=O)C(F)F)cc2[C@@H](N2CCCCC2=O)[C@@H]1O. The predicted molar refractivity (Wildman–Crippen MR) is 87.9 cm³/mol. The van der Waals surface area contributed by atoms with E-state index in [0.29, 0.717) is 24.3 Å². The summed E-state index contributed by atoms with van der Waals surface area (Å²) in [6, 6.07) is 3.48. The number of amides is 1. The Labute approximate surface area is 147 Å². The number of nitrogens with zero attached hydrogens (tertiary/aromatic N) is 1. The van der Waals surface area contributed by atoms with Gasteiger partial charge in [-0.1, -0.05) is 0 Å². The molecule has 0 aromatic heterocycles. The molecule has 2 heterocycles. The molecule has 1 aromatic rings. The van der Waals surface area contributed by atoms with Gasteiger partial charge in [0.25, 0.3) is 0 Å². The molecule has 2 aliphatic heterocycles. The summed E-state index contributed by atoms with van der Waals surface area (Å²) in [5, 5.41) is 10.8. The Bertz CT molecular complexity index is 710. The second-order valence-corrected chi connectivity index (χ2v) is 8.32. The first-order chi connectivity index (χ1) is 11.7. The summed E-state index contributed by atoms with van der Waals surface area (Å²) in [6.07, 6.45) is 0.967. The topological polar surface area (TPSA) is 66.8 Å². The van der Waals surface area contributed by atoms with Crippen molar-refractivity contribution in [3.63, 3.8) is 0 Å². The Morgan fingerprint density at radius 3 is 2.72 bits per heavy atom. The third-order valence-corrected chi connectivity index (χ3v) is 5.82. The van der Waals surface area contributed by atoms with Crippen molar-refractivity contribution in [3.05, 3.63) is 23.8 Å². The molecule has 3 atom stereocenters. The van der Waals surface area contributed by atoms with Gasteiger partial charge in [0.2, 0.25) is 5.91 Å². The van der Waals surface area contributed by atoms with Crippen molar-refractivity contribution in [2.45, 2.75) is 61.5 Å². The maximum Gasteiger partial charge on any atom is 0.316 e. The number of halogens is 2. The van der Waals surface area contributed by atoms with E-state index in [1.165, 1.54) is 18.2 Å². The quantitative estimate of drug-likeness (QED) is 0.884. The number of ether oxygens (including phenoxy) is 1. The lowest BCUT2D eigenvalue weighted by atomic mass is 9.84. The molecule has 1 saturated heterocycles. The van der Waals surface area contributed by atoms with Crippen molar-refractivity contribution >= 4 is 16.7 Å². The van der Waals surface area contributed by atoms with Crippen LogP contribution in [-0.4, -0.2) is 44.1 Å². The lowest BCUT2D eigenvalue weighted by molar-refractivity contribution is -0.147. The molecule has 0 radical (unpaired) electrons. The van der Waals surface area contributed by atoms with Gasteiger partial charge in [-0.05, 0) is 44.9 Å². The Hall–Kier alpha value is -1.54. The number of alkyl halides is 2. The van der Waals surface area contributed by atoms with E-state index in [2.05, 4.69) is 0 Å². The van der Waals surface area contributed by atoms with Crippen LogP contribution in [0, 0.1) is 0 Å². The highest BCUT2D eigenvalue weighted by atomic mass is 32.2. The van der Waals surface area contributed by atoms with E-state index in [0.717, 1.165) is 12.8 Å². The molecule has 1 unspecified atom stereocenters. The second-order valence-electron chi connectivity index (χ2n) is 6.90. The van der Waals surface area contributed by atoms with Crippen LogP contribution in [0.1, 0.15) is 44.7 Å². The zero-order valence-corrected chi connectivity index (χ0v) is 14.9. The number of likely N-dealkylation sites (tertiary alicyclic amines) is 1. The maximum absolute atomic E-state index is 12.8. The van der Waals surface area contributed by atoms with E-state index in [9.17, 15) is 22.9 Å². The van der Waals surface area contributed by atoms with Gasteiger partial charge in [-0.15, -0.1) is 0 Å². The number of carbonyl (C=O) groups excluding carboxylic acids is 1. The molecule has 3 rings (SSSR count). The molecule has 0 aliphatic carbocycles. The molecule has 1 aromatic carbocycles. The zero-order valence-electron chi connectivity index (χ0n) is 14.1. The van der Waals surface area contributed by atoms with Gasteiger partial charge < -0.3 is 14.7 Å². The van der Waals surface area contributed by atoms with Crippen LogP contribution in [0.25, 0.3) is 0 Å². The van der Waals surface area contributed by atoms with Crippen LogP contribution in [0.2, 0.25) is 0 Å². The second kappa shape index (κ2) is 6.64. The Morgan fingerprint density at radius 2 is 2.08 bits per heavy atom. The fourth-order valence-corrected chi connectivity index (χ4v) is 4.08. The summed E-state index contributed by atoms with van der Waals surface area (Å²) >= 11 is 0. The van der Waals surface area contributed by atoms with E-state index >= 15 is 0 Å². The van der Waals surface area contributed by atoms with Gasteiger partial charge in [0.1, 0.15) is 28.3 Å². The standard InChI is InChI=1S/C17H21F2NO4S/c1-17(2)15(22)14(20-8-4-3-5-13(20)21)11-9-10(25(23)16(18)19)6-7-12(11)24-17/h6-7,9,14-16,22H,3-5,8H2,1-2H3/t14-,15+,25?/m1/s1. The highest BCUT2D eigenvalue weighted by Gasteiger charge is 2.47. The van der Waals surface area contributed by atoms with Crippen molar-refractivity contribution < 1.29 is 27.6 Å². The Balaban J connectivity index is 2.09. The molecule has 138 valence electrons. The largest absolute Gasteiger partial charge is 0.485 e. The molecule has 0 saturated carbocycles. The number of aliphatic hydroxyl groups is 1. The number of hydrogen-bond donors (Lipinski definition) is 1. The Kier molecular flexibility index (Phi) is 4.85. The van der Waals surface area contributed by atoms with Gasteiger partial charge in [0, 0.05) is 23.4 Å². The van der Waals surface area contributed by atoms with Gasteiger partial charge in [-0.3, -0.25) is 4.79 Å². The van der Waals surface area contributed by atoms with Crippen molar-refractivity contribution in [2.75, 3.05) is 6.54 Å². The highest BCUT2D eigenvalue weighted by Crippen LogP contribution is 2.44. The van der Waals surface area contributed by atoms with Gasteiger partial charge in [-0.2, -0.15) is 8.78 Å². The number of fused-ring (bicyclic) bond motifs is 1.